The number of aromatic nitrogens is 2. The van der Waals surface area contributed by atoms with Crippen molar-refractivity contribution in [3.8, 4) is 0 Å². The van der Waals surface area contributed by atoms with Crippen LogP contribution in [0.2, 0.25) is 0 Å². The standard InChI is InChI=1S/C19H26FN5/c1-23-9-11-25(12-10-23)19-21-13-17(14-22-19)15-24(2)8-7-16-3-5-18(20)6-4-16/h3-6,13-14H,7-12,15H2,1-2H3. The van der Waals surface area contributed by atoms with Gasteiger partial charge in [0, 0.05) is 57.2 Å². The van der Waals surface area contributed by atoms with E-state index in [0.717, 1.165) is 62.8 Å². The maximum Gasteiger partial charge on any atom is 0.225 e. The molecule has 1 aromatic carbocycles. The zero-order valence-corrected chi connectivity index (χ0v) is 15.0. The molecule has 25 heavy (non-hydrogen) atoms. The van der Waals surface area contributed by atoms with E-state index in [0.29, 0.717) is 0 Å². The lowest BCUT2D eigenvalue weighted by Gasteiger charge is -2.32. The number of halogens is 1. The van der Waals surface area contributed by atoms with Crippen molar-refractivity contribution < 1.29 is 4.39 Å². The zero-order chi connectivity index (χ0) is 17.6. The van der Waals surface area contributed by atoms with E-state index < -0.39 is 0 Å². The lowest BCUT2D eigenvalue weighted by atomic mass is 10.1. The molecule has 0 saturated carbocycles. The van der Waals surface area contributed by atoms with Gasteiger partial charge in [-0.25, -0.2) is 14.4 Å². The molecule has 2 heterocycles. The molecule has 0 amide bonds. The van der Waals surface area contributed by atoms with Crippen LogP contribution in [-0.4, -0.2) is 66.6 Å². The summed E-state index contributed by atoms with van der Waals surface area (Å²) in [5.41, 5.74) is 2.26. The second-order valence-electron chi connectivity index (χ2n) is 6.80. The fourth-order valence-corrected chi connectivity index (χ4v) is 2.96. The average molecular weight is 343 g/mol. The molecule has 0 unspecified atom stereocenters. The molecule has 5 nitrogen and oxygen atoms in total. The molecular formula is C19H26FN5. The highest BCUT2D eigenvalue weighted by Crippen LogP contribution is 2.11. The van der Waals surface area contributed by atoms with Crippen LogP contribution >= 0.6 is 0 Å². The Labute approximate surface area is 149 Å². The topological polar surface area (TPSA) is 35.5 Å². The molecule has 0 radical (unpaired) electrons. The second-order valence-corrected chi connectivity index (χ2v) is 6.80. The summed E-state index contributed by atoms with van der Waals surface area (Å²) in [6.45, 7) is 5.78. The molecule has 1 saturated heterocycles. The van der Waals surface area contributed by atoms with Crippen molar-refractivity contribution in [2.24, 2.45) is 0 Å². The van der Waals surface area contributed by atoms with Crippen LogP contribution < -0.4 is 4.90 Å². The fourth-order valence-electron chi connectivity index (χ4n) is 2.96. The quantitative estimate of drug-likeness (QED) is 0.802. The first kappa shape index (κ1) is 17.8. The number of benzene rings is 1. The van der Waals surface area contributed by atoms with Crippen LogP contribution in [0.3, 0.4) is 0 Å². The van der Waals surface area contributed by atoms with Crippen LogP contribution in [0.25, 0.3) is 0 Å². The molecule has 0 spiro atoms. The molecule has 1 aromatic heterocycles. The average Bonchev–Trinajstić information content (AvgIpc) is 2.63. The van der Waals surface area contributed by atoms with E-state index >= 15 is 0 Å². The maximum absolute atomic E-state index is 12.9. The minimum atomic E-state index is -0.185. The smallest absolute Gasteiger partial charge is 0.225 e. The number of hydrogen-bond acceptors (Lipinski definition) is 5. The third-order valence-corrected chi connectivity index (χ3v) is 4.63. The van der Waals surface area contributed by atoms with Gasteiger partial charge >= 0.3 is 0 Å². The van der Waals surface area contributed by atoms with Gasteiger partial charge in [0.1, 0.15) is 5.82 Å². The number of piperazine rings is 1. The van der Waals surface area contributed by atoms with Crippen molar-refractivity contribution in [3.63, 3.8) is 0 Å². The number of likely N-dealkylation sites (N-methyl/N-ethyl adjacent to an activating group) is 2. The summed E-state index contributed by atoms with van der Waals surface area (Å²) in [7, 11) is 4.22. The molecule has 1 aliphatic rings. The normalized spacial score (nSPS) is 15.8. The molecule has 0 bridgehead atoms. The van der Waals surface area contributed by atoms with Gasteiger partial charge in [0.25, 0.3) is 0 Å². The molecule has 3 rings (SSSR count). The van der Waals surface area contributed by atoms with Gasteiger partial charge in [0.15, 0.2) is 0 Å². The van der Waals surface area contributed by atoms with Gasteiger partial charge < -0.3 is 14.7 Å². The Bertz CT molecular complexity index is 651. The van der Waals surface area contributed by atoms with Crippen molar-refractivity contribution in [3.05, 3.63) is 53.6 Å². The summed E-state index contributed by atoms with van der Waals surface area (Å²) >= 11 is 0. The Balaban J connectivity index is 1.48. The molecule has 6 heteroatoms. The van der Waals surface area contributed by atoms with Crippen molar-refractivity contribution in [2.75, 3.05) is 51.7 Å². The third kappa shape index (κ3) is 5.21. The highest BCUT2D eigenvalue weighted by atomic mass is 19.1. The van der Waals surface area contributed by atoms with E-state index in [1.165, 1.54) is 12.1 Å². The molecular weight excluding hydrogens is 317 g/mol. The zero-order valence-electron chi connectivity index (χ0n) is 15.0. The predicted octanol–water partition coefficient (Wildman–Crippen LogP) is 2.04. The summed E-state index contributed by atoms with van der Waals surface area (Å²) in [5, 5.41) is 0. The van der Waals surface area contributed by atoms with E-state index in [1.807, 2.05) is 24.5 Å². The van der Waals surface area contributed by atoms with E-state index in [-0.39, 0.29) is 5.82 Å². The van der Waals surface area contributed by atoms with Crippen LogP contribution in [0.1, 0.15) is 11.1 Å². The third-order valence-electron chi connectivity index (χ3n) is 4.63. The van der Waals surface area contributed by atoms with Gasteiger partial charge in [-0.3, -0.25) is 0 Å². The Hall–Kier alpha value is -2.05. The minimum absolute atomic E-state index is 0.185. The maximum atomic E-state index is 12.9. The Morgan fingerprint density at radius 1 is 1.00 bits per heavy atom. The highest BCUT2D eigenvalue weighted by Gasteiger charge is 2.16. The molecule has 1 aliphatic heterocycles. The predicted molar refractivity (Wildman–Crippen MR) is 98.2 cm³/mol. The number of anilines is 1. The highest BCUT2D eigenvalue weighted by molar-refractivity contribution is 5.30. The lowest BCUT2D eigenvalue weighted by Crippen LogP contribution is -2.45. The SMILES string of the molecule is CN1CCN(c2ncc(CN(C)CCc3ccc(F)cc3)cn2)CC1. The van der Waals surface area contributed by atoms with Gasteiger partial charge in [0.2, 0.25) is 5.95 Å². The van der Waals surface area contributed by atoms with Gasteiger partial charge in [-0.1, -0.05) is 12.1 Å². The van der Waals surface area contributed by atoms with Crippen LogP contribution in [0.15, 0.2) is 36.7 Å². The van der Waals surface area contributed by atoms with E-state index in [2.05, 4.69) is 38.8 Å². The van der Waals surface area contributed by atoms with Crippen molar-refractivity contribution in [1.82, 2.24) is 19.8 Å². The summed E-state index contributed by atoms with van der Waals surface area (Å²) < 4.78 is 12.9. The monoisotopic (exact) mass is 343 g/mol. The Morgan fingerprint density at radius 3 is 2.28 bits per heavy atom. The first-order valence-electron chi connectivity index (χ1n) is 8.77. The van der Waals surface area contributed by atoms with Crippen LogP contribution in [0, 0.1) is 5.82 Å². The second kappa shape index (κ2) is 8.36. The molecule has 1 fully saturated rings. The van der Waals surface area contributed by atoms with Gasteiger partial charge in [0.05, 0.1) is 0 Å². The van der Waals surface area contributed by atoms with Crippen molar-refractivity contribution in [1.29, 1.82) is 0 Å². The van der Waals surface area contributed by atoms with E-state index in [1.54, 1.807) is 0 Å². The minimum Gasteiger partial charge on any atom is -0.338 e. The molecule has 2 aromatic rings. The first-order chi connectivity index (χ1) is 12.1. The molecule has 0 atom stereocenters. The molecule has 134 valence electrons. The first-order valence-corrected chi connectivity index (χ1v) is 8.77. The van der Waals surface area contributed by atoms with E-state index in [4.69, 9.17) is 0 Å². The molecule has 0 N–H and O–H groups in total. The summed E-state index contributed by atoms with van der Waals surface area (Å²) in [5.74, 6) is 0.639. The lowest BCUT2D eigenvalue weighted by molar-refractivity contribution is 0.311. The van der Waals surface area contributed by atoms with Gasteiger partial charge in [-0.05, 0) is 38.2 Å². The molecule has 0 aliphatic carbocycles. The fraction of sp³-hybridized carbons (Fsp3) is 0.474. The number of rotatable bonds is 6. The van der Waals surface area contributed by atoms with Crippen molar-refractivity contribution in [2.45, 2.75) is 13.0 Å². The number of nitrogens with zero attached hydrogens (tertiary/aromatic N) is 5. The summed E-state index contributed by atoms with van der Waals surface area (Å²) in [4.78, 5) is 15.9. The van der Waals surface area contributed by atoms with Crippen LogP contribution in [-0.2, 0) is 13.0 Å². The Kier molecular flexibility index (Phi) is 5.94. The summed E-state index contributed by atoms with van der Waals surface area (Å²) in [6, 6.07) is 6.72. The number of hydrogen-bond donors (Lipinski definition) is 0. The van der Waals surface area contributed by atoms with Gasteiger partial charge in [-0.15, -0.1) is 0 Å². The Morgan fingerprint density at radius 2 is 1.64 bits per heavy atom. The largest absolute Gasteiger partial charge is 0.338 e. The van der Waals surface area contributed by atoms with Crippen LogP contribution in [0.5, 0.6) is 0 Å². The van der Waals surface area contributed by atoms with E-state index in [9.17, 15) is 4.39 Å². The van der Waals surface area contributed by atoms with Crippen molar-refractivity contribution >= 4 is 5.95 Å². The van der Waals surface area contributed by atoms with Crippen LogP contribution in [0.4, 0.5) is 10.3 Å². The van der Waals surface area contributed by atoms with Gasteiger partial charge in [-0.2, -0.15) is 0 Å². The summed E-state index contributed by atoms with van der Waals surface area (Å²) in [6.07, 6.45) is 4.75.